The third-order valence-corrected chi connectivity index (χ3v) is 7.25. The van der Waals surface area contributed by atoms with Gasteiger partial charge in [0.25, 0.3) is 15.9 Å². The van der Waals surface area contributed by atoms with Crippen LogP contribution in [0.2, 0.25) is 0 Å². The molecule has 1 heterocycles. The van der Waals surface area contributed by atoms with Crippen molar-refractivity contribution in [2.24, 2.45) is 5.92 Å². The molecule has 0 N–H and O–H groups in total. The number of carbonyl (C=O) groups excluding carboxylic acids is 2. The van der Waals surface area contributed by atoms with E-state index in [1.54, 1.807) is 36.1 Å². The molecule has 0 aromatic heterocycles. The van der Waals surface area contributed by atoms with E-state index in [9.17, 15) is 18.0 Å². The lowest BCUT2D eigenvalue weighted by molar-refractivity contribution is -0.149. The van der Waals surface area contributed by atoms with Crippen LogP contribution in [0.25, 0.3) is 0 Å². The number of esters is 1. The molecule has 0 aliphatic carbocycles. The lowest BCUT2D eigenvalue weighted by atomic mass is 9.97. The van der Waals surface area contributed by atoms with Crippen LogP contribution in [0.15, 0.2) is 53.4 Å². The van der Waals surface area contributed by atoms with Gasteiger partial charge in [-0.3, -0.25) is 13.9 Å². The predicted molar refractivity (Wildman–Crippen MR) is 118 cm³/mol. The Morgan fingerprint density at radius 3 is 2.55 bits per heavy atom. The molecule has 1 fully saturated rings. The van der Waals surface area contributed by atoms with E-state index in [0.29, 0.717) is 31.7 Å². The summed E-state index contributed by atoms with van der Waals surface area (Å²) in [5.74, 6) is -0.933. The maximum absolute atomic E-state index is 13.1. The minimum absolute atomic E-state index is 0.0420. The summed E-state index contributed by atoms with van der Waals surface area (Å²) in [5, 5.41) is 0. The topological polar surface area (TPSA) is 84.0 Å². The third kappa shape index (κ3) is 5.07. The van der Waals surface area contributed by atoms with E-state index < -0.39 is 10.0 Å². The molecule has 1 atom stereocenters. The van der Waals surface area contributed by atoms with Crippen molar-refractivity contribution in [3.63, 3.8) is 0 Å². The number of nitrogens with zero attached hydrogens (tertiary/aromatic N) is 2. The molecule has 1 aliphatic rings. The number of hydrogen-bond donors (Lipinski definition) is 0. The smallest absolute Gasteiger partial charge is 0.310 e. The summed E-state index contributed by atoms with van der Waals surface area (Å²) in [5.41, 5.74) is 1.85. The summed E-state index contributed by atoms with van der Waals surface area (Å²) in [7, 11) is -2.35. The van der Waals surface area contributed by atoms with Gasteiger partial charge in [0, 0.05) is 25.7 Å². The van der Waals surface area contributed by atoms with Crippen LogP contribution in [0.5, 0.6) is 0 Å². The Kier molecular flexibility index (Phi) is 7.00. The predicted octanol–water partition coefficient (Wildman–Crippen LogP) is 3.24. The van der Waals surface area contributed by atoms with Crippen LogP contribution in [0, 0.1) is 12.8 Å². The Hall–Kier alpha value is -2.87. The van der Waals surface area contributed by atoms with Crippen molar-refractivity contribution in [2.45, 2.75) is 31.6 Å². The molecule has 0 radical (unpaired) electrons. The molecule has 0 saturated carbocycles. The van der Waals surface area contributed by atoms with E-state index in [1.165, 1.54) is 23.5 Å². The molecular weight excluding hydrogens is 416 g/mol. The molecule has 1 amide bonds. The number of ether oxygens (including phenoxy) is 1. The van der Waals surface area contributed by atoms with Crippen molar-refractivity contribution in [1.29, 1.82) is 0 Å². The zero-order valence-corrected chi connectivity index (χ0v) is 18.9. The first-order valence-electron chi connectivity index (χ1n) is 10.4. The summed E-state index contributed by atoms with van der Waals surface area (Å²) in [6, 6.07) is 13.2. The van der Waals surface area contributed by atoms with Gasteiger partial charge in [-0.25, -0.2) is 8.42 Å². The quantitative estimate of drug-likeness (QED) is 0.639. The van der Waals surface area contributed by atoms with Crippen molar-refractivity contribution >= 4 is 27.6 Å². The maximum atomic E-state index is 13.1. The number of aryl methyl sites for hydroxylation is 1. The zero-order chi connectivity index (χ0) is 22.6. The van der Waals surface area contributed by atoms with Gasteiger partial charge in [-0.1, -0.05) is 23.8 Å². The molecule has 31 heavy (non-hydrogen) atoms. The van der Waals surface area contributed by atoms with E-state index in [4.69, 9.17) is 4.74 Å². The first kappa shape index (κ1) is 22.8. The van der Waals surface area contributed by atoms with Gasteiger partial charge in [-0.05, 0) is 57.0 Å². The van der Waals surface area contributed by atoms with Crippen molar-refractivity contribution in [2.75, 3.05) is 31.0 Å². The number of benzene rings is 2. The van der Waals surface area contributed by atoms with Crippen LogP contribution in [-0.2, 0) is 19.6 Å². The Labute approximate surface area is 183 Å². The maximum Gasteiger partial charge on any atom is 0.310 e. The minimum Gasteiger partial charge on any atom is -0.466 e. The molecule has 8 heteroatoms. The highest BCUT2D eigenvalue weighted by atomic mass is 32.2. The third-order valence-electron chi connectivity index (χ3n) is 5.47. The summed E-state index contributed by atoms with van der Waals surface area (Å²) in [6.07, 6.45) is 1.38. The van der Waals surface area contributed by atoms with Crippen LogP contribution in [0.3, 0.4) is 0 Å². The molecular formula is C23H28N2O5S. The summed E-state index contributed by atoms with van der Waals surface area (Å²) in [4.78, 5) is 26.8. The first-order chi connectivity index (χ1) is 14.7. The summed E-state index contributed by atoms with van der Waals surface area (Å²) >= 11 is 0. The fraction of sp³-hybridized carbons (Fsp3) is 0.391. The second kappa shape index (κ2) is 9.51. The van der Waals surface area contributed by atoms with E-state index in [0.717, 1.165) is 5.56 Å². The Morgan fingerprint density at radius 1 is 1.16 bits per heavy atom. The lowest BCUT2D eigenvalue weighted by Crippen LogP contribution is -2.42. The van der Waals surface area contributed by atoms with Crippen LogP contribution in [-0.4, -0.2) is 51.9 Å². The molecule has 1 saturated heterocycles. The average molecular weight is 445 g/mol. The fourth-order valence-corrected chi connectivity index (χ4v) is 4.88. The van der Waals surface area contributed by atoms with Gasteiger partial charge < -0.3 is 9.64 Å². The molecule has 2 aromatic carbocycles. The van der Waals surface area contributed by atoms with E-state index in [1.807, 2.05) is 19.1 Å². The van der Waals surface area contributed by atoms with Crippen molar-refractivity contribution in [3.05, 3.63) is 59.7 Å². The highest BCUT2D eigenvalue weighted by molar-refractivity contribution is 7.92. The molecule has 0 spiro atoms. The molecule has 3 rings (SSSR count). The second-order valence-corrected chi connectivity index (χ2v) is 9.65. The summed E-state index contributed by atoms with van der Waals surface area (Å²) in [6.45, 7) is 4.79. The number of anilines is 1. The molecule has 0 bridgehead atoms. The Bertz CT molecular complexity index is 1050. The number of sulfonamides is 1. The summed E-state index contributed by atoms with van der Waals surface area (Å²) < 4.78 is 32.5. The van der Waals surface area contributed by atoms with Crippen molar-refractivity contribution in [1.82, 2.24) is 4.90 Å². The normalized spacial score (nSPS) is 16.6. The standard InChI is InChI=1S/C23H28N2O5S/c1-4-30-23(27)19-8-6-14-25(16-19)22(26)18-7-5-9-21(15-18)31(28,29)24(3)20-12-10-17(2)11-13-20/h5,7,9-13,15,19H,4,6,8,14,16H2,1-3H3/t19-/m1/s1. The fourth-order valence-electron chi connectivity index (χ4n) is 3.64. The largest absolute Gasteiger partial charge is 0.466 e. The van der Waals surface area contributed by atoms with Crippen LogP contribution in [0.4, 0.5) is 5.69 Å². The Morgan fingerprint density at radius 2 is 1.87 bits per heavy atom. The van der Waals surface area contributed by atoms with Gasteiger partial charge in [-0.2, -0.15) is 0 Å². The van der Waals surface area contributed by atoms with E-state index in [2.05, 4.69) is 0 Å². The number of piperidine rings is 1. The van der Waals surface area contributed by atoms with Crippen molar-refractivity contribution in [3.8, 4) is 0 Å². The molecule has 166 valence electrons. The number of likely N-dealkylation sites (tertiary alicyclic amines) is 1. The van der Waals surface area contributed by atoms with Crippen molar-refractivity contribution < 1.29 is 22.7 Å². The van der Waals surface area contributed by atoms with Gasteiger partial charge in [-0.15, -0.1) is 0 Å². The van der Waals surface area contributed by atoms with Gasteiger partial charge >= 0.3 is 5.97 Å². The van der Waals surface area contributed by atoms with Crippen LogP contribution >= 0.6 is 0 Å². The van der Waals surface area contributed by atoms with E-state index >= 15 is 0 Å². The van der Waals surface area contributed by atoms with Gasteiger partial charge in [0.1, 0.15) is 0 Å². The second-order valence-electron chi connectivity index (χ2n) is 7.68. The Balaban J connectivity index is 1.81. The number of rotatable bonds is 6. The lowest BCUT2D eigenvalue weighted by Gasteiger charge is -2.31. The van der Waals surface area contributed by atoms with Gasteiger partial charge in [0.05, 0.1) is 23.1 Å². The minimum atomic E-state index is -3.83. The average Bonchev–Trinajstić information content (AvgIpc) is 2.79. The number of amides is 1. The molecule has 7 nitrogen and oxygen atoms in total. The van der Waals surface area contributed by atoms with Crippen LogP contribution < -0.4 is 4.31 Å². The van der Waals surface area contributed by atoms with E-state index in [-0.39, 0.29) is 34.8 Å². The van der Waals surface area contributed by atoms with Gasteiger partial charge in [0.2, 0.25) is 0 Å². The highest BCUT2D eigenvalue weighted by Gasteiger charge is 2.30. The monoisotopic (exact) mass is 444 g/mol. The SMILES string of the molecule is CCOC(=O)[C@@H]1CCCN(C(=O)c2cccc(S(=O)(=O)N(C)c3ccc(C)cc3)c2)C1. The van der Waals surface area contributed by atoms with Gasteiger partial charge in [0.15, 0.2) is 0 Å². The molecule has 0 unspecified atom stereocenters. The zero-order valence-electron chi connectivity index (χ0n) is 18.1. The molecule has 2 aromatic rings. The number of hydrogen-bond acceptors (Lipinski definition) is 5. The van der Waals surface area contributed by atoms with Crippen LogP contribution in [0.1, 0.15) is 35.7 Å². The first-order valence-corrected chi connectivity index (χ1v) is 11.8. The number of carbonyl (C=O) groups is 2. The molecule has 1 aliphatic heterocycles. The highest BCUT2D eigenvalue weighted by Crippen LogP contribution is 2.25.